The highest BCUT2D eigenvalue weighted by Gasteiger charge is 2.33. The molecule has 0 amide bonds. The van der Waals surface area contributed by atoms with E-state index in [-0.39, 0.29) is 11.6 Å². The second-order valence-corrected chi connectivity index (χ2v) is 10.5. The third-order valence-corrected chi connectivity index (χ3v) is 8.00. The van der Waals surface area contributed by atoms with Gasteiger partial charge in [-0.1, -0.05) is 6.92 Å². The summed E-state index contributed by atoms with van der Waals surface area (Å²) in [6.45, 7) is 9.00. The zero-order valence-corrected chi connectivity index (χ0v) is 20.6. The third-order valence-electron chi connectivity index (χ3n) is 7.05. The lowest BCUT2D eigenvalue weighted by Crippen LogP contribution is -2.59. The van der Waals surface area contributed by atoms with Gasteiger partial charge in [0.25, 0.3) is 0 Å². The lowest BCUT2D eigenvalue weighted by molar-refractivity contribution is 0.120. The number of benzene rings is 1. The Morgan fingerprint density at radius 2 is 1.64 bits per heavy atom. The lowest BCUT2D eigenvalue weighted by atomic mass is 9.99. The molecule has 2 aromatic rings. The molecule has 2 aliphatic heterocycles. The maximum Gasteiger partial charge on any atom is 0.141 e. The molecule has 180 valence electrons. The molecule has 0 bridgehead atoms. The molecule has 5 nitrogen and oxygen atoms in total. The summed E-state index contributed by atoms with van der Waals surface area (Å²) in [5, 5.41) is 0.578. The Balaban J connectivity index is 1.48. The molecule has 2 saturated heterocycles. The number of rotatable bonds is 7. The lowest BCUT2D eigenvalue weighted by Gasteiger charge is -2.47. The molecular weight excluding hydrogens is 440 g/mol. The Labute approximate surface area is 200 Å². The maximum absolute atomic E-state index is 13.5. The summed E-state index contributed by atoms with van der Waals surface area (Å²) in [4.78, 5) is 14.1. The van der Waals surface area contributed by atoms with Crippen molar-refractivity contribution >= 4 is 23.3 Å². The second-order valence-electron chi connectivity index (χ2n) is 9.27. The molecule has 1 aromatic carbocycles. The molecular formula is C25H35F2N5S. The maximum atomic E-state index is 13.5. The van der Waals surface area contributed by atoms with Crippen molar-refractivity contribution in [1.29, 1.82) is 0 Å². The molecule has 1 aromatic heterocycles. The fraction of sp³-hybridized carbons (Fsp3) is 0.560. The molecule has 3 atom stereocenters. The first-order chi connectivity index (χ1) is 15.9. The van der Waals surface area contributed by atoms with E-state index >= 15 is 0 Å². The summed E-state index contributed by atoms with van der Waals surface area (Å²) in [6, 6.07) is 10.9. The minimum atomic E-state index is -0.300. The van der Waals surface area contributed by atoms with Crippen molar-refractivity contribution in [3.05, 3.63) is 54.2 Å². The van der Waals surface area contributed by atoms with E-state index in [1.54, 1.807) is 18.2 Å². The molecule has 33 heavy (non-hydrogen) atoms. The molecule has 0 spiro atoms. The van der Waals surface area contributed by atoms with Crippen molar-refractivity contribution in [1.82, 2.24) is 14.8 Å². The van der Waals surface area contributed by atoms with Gasteiger partial charge in [0.15, 0.2) is 0 Å². The minimum Gasteiger partial charge on any atom is -0.369 e. The van der Waals surface area contributed by atoms with E-state index in [0.717, 1.165) is 63.7 Å². The van der Waals surface area contributed by atoms with Gasteiger partial charge in [0.1, 0.15) is 17.5 Å². The molecule has 0 saturated carbocycles. The number of aromatic nitrogens is 1. The number of hydrogen-bond donors (Lipinski definition) is 0. The van der Waals surface area contributed by atoms with E-state index in [9.17, 15) is 8.78 Å². The summed E-state index contributed by atoms with van der Waals surface area (Å²) in [6.07, 6.45) is 4.53. The van der Waals surface area contributed by atoms with Crippen LogP contribution in [0.2, 0.25) is 0 Å². The normalized spacial score (nSPS) is 23.7. The summed E-state index contributed by atoms with van der Waals surface area (Å²) in [7, 11) is 2.20. The molecule has 4 rings (SSSR count). The van der Waals surface area contributed by atoms with Crippen LogP contribution in [0.25, 0.3) is 0 Å². The molecule has 0 radical (unpaired) electrons. The van der Waals surface area contributed by atoms with Crippen molar-refractivity contribution in [3.8, 4) is 0 Å². The van der Waals surface area contributed by atoms with Gasteiger partial charge in [-0.2, -0.15) is 11.8 Å². The molecule has 0 aliphatic carbocycles. The second kappa shape index (κ2) is 11.0. The third kappa shape index (κ3) is 6.16. The predicted octanol–water partition coefficient (Wildman–Crippen LogP) is 3.81. The van der Waals surface area contributed by atoms with E-state index in [1.165, 1.54) is 12.3 Å². The monoisotopic (exact) mass is 475 g/mol. The zero-order valence-electron chi connectivity index (χ0n) is 19.8. The van der Waals surface area contributed by atoms with Crippen LogP contribution in [-0.2, 0) is 0 Å². The van der Waals surface area contributed by atoms with E-state index < -0.39 is 0 Å². The quantitative estimate of drug-likeness (QED) is 0.604. The van der Waals surface area contributed by atoms with Crippen molar-refractivity contribution in [2.45, 2.75) is 30.7 Å². The topological polar surface area (TPSA) is 25.9 Å². The van der Waals surface area contributed by atoms with Crippen molar-refractivity contribution in [2.24, 2.45) is 0 Å². The van der Waals surface area contributed by atoms with E-state index in [1.807, 2.05) is 23.9 Å². The molecule has 3 unspecified atom stereocenters. The van der Waals surface area contributed by atoms with Crippen LogP contribution in [0.4, 0.5) is 20.3 Å². The Hall–Kier alpha value is -1.90. The summed E-state index contributed by atoms with van der Waals surface area (Å²) in [5.41, 5.74) is 1.09. The summed E-state index contributed by atoms with van der Waals surface area (Å²) in [5.74, 6) is 0.353. The van der Waals surface area contributed by atoms with Crippen LogP contribution in [-0.4, -0.2) is 91.2 Å². The van der Waals surface area contributed by atoms with Gasteiger partial charge in [0, 0.05) is 68.8 Å². The number of likely N-dealkylation sites (N-methyl/N-ethyl adjacent to an activating group) is 1. The van der Waals surface area contributed by atoms with Crippen molar-refractivity contribution in [2.75, 3.05) is 68.9 Å². The van der Waals surface area contributed by atoms with Crippen LogP contribution >= 0.6 is 11.8 Å². The summed E-state index contributed by atoms with van der Waals surface area (Å²) < 4.78 is 26.8. The fourth-order valence-electron chi connectivity index (χ4n) is 4.93. The molecule has 8 heteroatoms. The number of halogens is 2. The largest absolute Gasteiger partial charge is 0.369 e. The van der Waals surface area contributed by atoms with Crippen LogP contribution in [0.1, 0.15) is 13.3 Å². The van der Waals surface area contributed by atoms with Gasteiger partial charge in [-0.3, -0.25) is 9.80 Å². The number of anilines is 2. The smallest absolute Gasteiger partial charge is 0.141 e. The van der Waals surface area contributed by atoms with E-state index in [4.69, 9.17) is 0 Å². The fourth-order valence-corrected chi connectivity index (χ4v) is 5.27. The number of nitrogens with zero attached hydrogens (tertiary/aromatic N) is 5. The first-order valence-electron chi connectivity index (χ1n) is 11.8. The van der Waals surface area contributed by atoms with Gasteiger partial charge in [-0.05, 0) is 56.1 Å². The molecule has 3 heterocycles. The average Bonchev–Trinajstić information content (AvgIpc) is 2.82. The van der Waals surface area contributed by atoms with E-state index in [0.29, 0.717) is 17.3 Å². The summed E-state index contributed by atoms with van der Waals surface area (Å²) >= 11 is 1.91. The number of piperazine rings is 2. The SMILES string of the molecule is CSC(C)CN1CCN(c2ccc(F)cc2)CC1CC1CN(c2ccc(F)cn2)CCN1C. The predicted molar refractivity (Wildman–Crippen MR) is 134 cm³/mol. The molecule has 2 aliphatic rings. The minimum absolute atomic E-state index is 0.193. The first kappa shape index (κ1) is 24.2. The number of hydrogen-bond acceptors (Lipinski definition) is 6. The molecule has 2 fully saturated rings. The van der Waals surface area contributed by atoms with Gasteiger partial charge in [0.05, 0.1) is 6.20 Å². The van der Waals surface area contributed by atoms with Gasteiger partial charge in [-0.25, -0.2) is 13.8 Å². The van der Waals surface area contributed by atoms with Crippen LogP contribution in [0.15, 0.2) is 42.6 Å². The highest BCUT2D eigenvalue weighted by atomic mass is 32.2. The van der Waals surface area contributed by atoms with Gasteiger partial charge in [-0.15, -0.1) is 0 Å². The average molecular weight is 476 g/mol. The highest BCUT2D eigenvalue weighted by molar-refractivity contribution is 7.99. The van der Waals surface area contributed by atoms with Gasteiger partial charge < -0.3 is 9.80 Å². The number of thioether (sulfide) groups is 1. The van der Waals surface area contributed by atoms with Gasteiger partial charge >= 0.3 is 0 Å². The Kier molecular flexibility index (Phi) is 8.09. The van der Waals surface area contributed by atoms with Crippen molar-refractivity contribution in [3.63, 3.8) is 0 Å². The highest BCUT2D eigenvalue weighted by Crippen LogP contribution is 2.26. The zero-order chi connectivity index (χ0) is 23.4. The van der Waals surface area contributed by atoms with E-state index in [2.05, 4.69) is 44.8 Å². The van der Waals surface area contributed by atoms with Crippen LogP contribution in [0.3, 0.4) is 0 Å². The Bertz CT molecular complexity index is 881. The Morgan fingerprint density at radius 3 is 2.33 bits per heavy atom. The van der Waals surface area contributed by atoms with Crippen LogP contribution in [0, 0.1) is 11.6 Å². The first-order valence-corrected chi connectivity index (χ1v) is 13.1. The van der Waals surface area contributed by atoms with Crippen LogP contribution in [0.5, 0.6) is 0 Å². The standard InChI is InChI=1S/C25H35F2N5S/c1-19(33-3)16-30-12-13-31(22-7-4-20(26)5-8-22)18-24(30)14-23-17-32(11-10-29(23)2)25-9-6-21(27)15-28-25/h4-9,15,19,23-24H,10-14,16-18H2,1-3H3. The Morgan fingerprint density at radius 1 is 0.939 bits per heavy atom. The van der Waals surface area contributed by atoms with Crippen molar-refractivity contribution < 1.29 is 8.78 Å². The van der Waals surface area contributed by atoms with Gasteiger partial charge in [0.2, 0.25) is 0 Å². The molecule has 0 N–H and O–H groups in total. The number of pyridine rings is 1. The van der Waals surface area contributed by atoms with Crippen LogP contribution < -0.4 is 9.80 Å².